The van der Waals surface area contributed by atoms with Gasteiger partial charge in [0.15, 0.2) is 0 Å². The van der Waals surface area contributed by atoms with Gasteiger partial charge in [-0.05, 0) is 44.9 Å². The van der Waals surface area contributed by atoms with Crippen LogP contribution in [0.2, 0.25) is 0 Å². The number of hydrogen-bond acceptors (Lipinski definition) is 2. The molecular formula is C22H25N3O. The number of nitrogens with one attached hydrogen (secondary N) is 1. The molecular weight excluding hydrogens is 322 g/mol. The Morgan fingerprint density at radius 1 is 1.12 bits per heavy atom. The van der Waals surface area contributed by atoms with Gasteiger partial charge in [-0.1, -0.05) is 55.0 Å². The second-order valence-electron chi connectivity index (χ2n) is 6.77. The molecule has 26 heavy (non-hydrogen) atoms. The van der Waals surface area contributed by atoms with Crippen LogP contribution in [-0.2, 0) is 0 Å². The van der Waals surface area contributed by atoms with E-state index in [0.29, 0.717) is 5.69 Å². The van der Waals surface area contributed by atoms with E-state index in [-0.39, 0.29) is 11.9 Å². The van der Waals surface area contributed by atoms with Crippen molar-refractivity contribution in [2.45, 2.75) is 40.2 Å². The average Bonchev–Trinajstić information content (AvgIpc) is 3.07. The van der Waals surface area contributed by atoms with Crippen LogP contribution in [-0.4, -0.2) is 21.7 Å². The summed E-state index contributed by atoms with van der Waals surface area (Å²) in [6, 6.07) is 18.1. The van der Waals surface area contributed by atoms with Crippen molar-refractivity contribution >= 4 is 5.91 Å². The Balaban J connectivity index is 2.11. The number of carbonyl (C=O) groups is 1. The van der Waals surface area contributed by atoms with Gasteiger partial charge in [-0.25, -0.2) is 4.68 Å². The molecule has 1 atom stereocenters. The molecule has 1 heterocycles. The summed E-state index contributed by atoms with van der Waals surface area (Å²) in [5.41, 5.74) is 5.54. The molecule has 4 heteroatoms. The summed E-state index contributed by atoms with van der Waals surface area (Å²) in [5.74, 6) is -0.103. The predicted molar refractivity (Wildman–Crippen MR) is 106 cm³/mol. The van der Waals surface area contributed by atoms with Gasteiger partial charge in [0.25, 0.3) is 5.91 Å². The van der Waals surface area contributed by atoms with Crippen molar-refractivity contribution in [3.63, 3.8) is 0 Å². The molecule has 0 saturated carbocycles. The highest BCUT2D eigenvalue weighted by atomic mass is 16.2. The van der Waals surface area contributed by atoms with Gasteiger partial charge in [-0.3, -0.25) is 4.79 Å². The fourth-order valence-corrected chi connectivity index (χ4v) is 2.92. The van der Waals surface area contributed by atoms with Gasteiger partial charge in [-0.2, -0.15) is 5.10 Å². The zero-order valence-electron chi connectivity index (χ0n) is 15.8. The van der Waals surface area contributed by atoms with Crippen LogP contribution in [0.4, 0.5) is 0 Å². The lowest BCUT2D eigenvalue weighted by Gasteiger charge is -2.14. The van der Waals surface area contributed by atoms with Crippen molar-refractivity contribution in [1.82, 2.24) is 15.1 Å². The lowest BCUT2D eigenvalue weighted by Crippen LogP contribution is -2.33. The van der Waals surface area contributed by atoms with Crippen LogP contribution in [0, 0.1) is 13.8 Å². The molecule has 0 aliphatic rings. The lowest BCUT2D eigenvalue weighted by atomic mass is 10.1. The first-order valence-electron chi connectivity index (χ1n) is 9.03. The molecule has 3 rings (SSSR count). The Hall–Kier alpha value is -2.88. The first kappa shape index (κ1) is 17.9. The number of benzene rings is 2. The van der Waals surface area contributed by atoms with Crippen LogP contribution in [0.3, 0.4) is 0 Å². The SMILES string of the molecule is CC[C@H](C)NC(=O)c1cc(-c2ccccc2)nn1-c1ccc(C)cc1C. The van der Waals surface area contributed by atoms with Crippen LogP contribution in [0.15, 0.2) is 54.6 Å². The molecule has 0 fully saturated rings. The fourth-order valence-electron chi connectivity index (χ4n) is 2.92. The molecule has 2 aromatic carbocycles. The van der Waals surface area contributed by atoms with Crippen LogP contribution in [0.25, 0.3) is 16.9 Å². The zero-order valence-corrected chi connectivity index (χ0v) is 15.8. The van der Waals surface area contributed by atoms with E-state index in [0.717, 1.165) is 28.9 Å². The van der Waals surface area contributed by atoms with E-state index in [1.807, 2.05) is 62.4 Å². The van der Waals surface area contributed by atoms with E-state index in [2.05, 4.69) is 25.2 Å². The van der Waals surface area contributed by atoms with Gasteiger partial charge in [0, 0.05) is 11.6 Å². The van der Waals surface area contributed by atoms with E-state index in [1.54, 1.807) is 4.68 Å². The topological polar surface area (TPSA) is 46.9 Å². The van der Waals surface area contributed by atoms with Crippen molar-refractivity contribution < 1.29 is 4.79 Å². The normalized spacial score (nSPS) is 12.0. The van der Waals surface area contributed by atoms with Crippen LogP contribution in [0.1, 0.15) is 41.9 Å². The Kier molecular flexibility index (Phi) is 5.21. The molecule has 0 aliphatic heterocycles. The Morgan fingerprint density at radius 2 is 1.85 bits per heavy atom. The summed E-state index contributed by atoms with van der Waals surface area (Å²) in [7, 11) is 0. The first-order chi connectivity index (χ1) is 12.5. The Bertz CT molecular complexity index is 912. The minimum atomic E-state index is -0.103. The predicted octanol–water partition coefficient (Wildman–Crippen LogP) is 4.68. The summed E-state index contributed by atoms with van der Waals surface area (Å²) < 4.78 is 1.76. The number of aromatic nitrogens is 2. The van der Waals surface area contributed by atoms with Crippen LogP contribution < -0.4 is 5.32 Å². The summed E-state index contributed by atoms with van der Waals surface area (Å²) >= 11 is 0. The molecule has 1 amide bonds. The van der Waals surface area contributed by atoms with Crippen molar-refractivity contribution in [3.05, 3.63) is 71.4 Å². The van der Waals surface area contributed by atoms with Crippen molar-refractivity contribution in [3.8, 4) is 16.9 Å². The van der Waals surface area contributed by atoms with Gasteiger partial charge in [-0.15, -0.1) is 0 Å². The third-order valence-corrected chi connectivity index (χ3v) is 4.58. The highest BCUT2D eigenvalue weighted by Gasteiger charge is 2.19. The molecule has 0 aliphatic carbocycles. The van der Waals surface area contributed by atoms with Crippen LogP contribution in [0.5, 0.6) is 0 Å². The van der Waals surface area contributed by atoms with Gasteiger partial charge < -0.3 is 5.32 Å². The zero-order chi connectivity index (χ0) is 18.7. The maximum absolute atomic E-state index is 12.9. The molecule has 0 bridgehead atoms. The number of nitrogens with zero attached hydrogens (tertiary/aromatic N) is 2. The standard InChI is InChI=1S/C22H25N3O/c1-5-17(4)23-22(26)21-14-19(18-9-7-6-8-10-18)24-25(21)20-12-11-15(2)13-16(20)3/h6-14,17H,5H2,1-4H3,(H,23,26)/t17-/m0/s1. The van der Waals surface area contributed by atoms with Crippen molar-refractivity contribution in [1.29, 1.82) is 0 Å². The van der Waals surface area contributed by atoms with Crippen LogP contribution >= 0.6 is 0 Å². The molecule has 4 nitrogen and oxygen atoms in total. The third kappa shape index (κ3) is 3.69. The smallest absolute Gasteiger partial charge is 0.270 e. The fraction of sp³-hybridized carbons (Fsp3) is 0.273. The molecule has 0 unspecified atom stereocenters. The molecule has 134 valence electrons. The number of hydrogen-bond donors (Lipinski definition) is 1. The minimum absolute atomic E-state index is 0.103. The molecule has 0 spiro atoms. The number of carbonyl (C=O) groups excluding carboxylic acids is 1. The number of rotatable bonds is 5. The van der Waals surface area contributed by atoms with Crippen molar-refractivity contribution in [2.24, 2.45) is 0 Å². The largest absolute Gasteiger partial charge is 0.348 e. The first-order valence-corrected chi connectivity index (χ1v) is 9.03. The minimum Gasteiger partial charge on any atom is -0.348 e. The second kappa shape index (κ2) is 7.56. The number of amides is 1. The highest BCUT2D eigenvalue weighted by Crippen LogP contribution is 2.24. The third-order valence-electron chi connectivity index (χ3n) is 4.58. The van der Waals surface area contributed by atoms with E-state index < -0.39 is 0 Å². The summed E-state index contributed by atoms with van der Waals surface area (Å²) in [6.45, 7) is 8.17. The maximum atomic E-state index is 12.9. The van der Waals surface area contributed by atoms with Gasteiger partial charge in [0.05, 0.1) is 11.4 Å². The van der Waals surface area contributed by atoms with Gasteiger partial charge in [0.1, 0.15) is 5.69 Å². The molecule has 0 radical (unpaired) electrons. The molecule has 1 N–H and O–H groups in total. The Labute approximate surface area is 154 Å². The molecule has 1 aromatic heterocycles. The van der Waals surface area contributed by atoms with E-state index >= 15 is 0 Å². The average molecular weight is 347 g/mol. The summed E-state index contributed by atoms with van der Waals surface area (Å²) in [4.78, 5) is 12.9. The maximum Gasteiger partial charge on any atom is 0.270 e. The van der Waals surface area contributed by atoms with E-state index in [1.165, 1.54) is 5.56 Å². The quantitative estimate of drug-likeness (QED) is 0.728. The molecule has 0 saturated heterocycles. The summed E-state index contributed by atoms with van der Waals surface area (Å²) in [5, 5.41) is 7.80. The van der Waals surface area contributed by atoms with Gasteiger partial charge >= 0.3 is 0 Å². The lowest BCUT2D eigenvalue weighted by molar-refractivity contribution is 0.0931. The monoisotopic (exact) mass is 347 g/mol. The van der Waals surface area contributed by atoms with E-state index in [4.69, 9.17) is 5.10 Å². The van der Waals surface area contributed by atoms with Gasteiger partial charge in [0.2, 0.25) is 0 Å². The van der Waals surface area contributed by atoms with Crippen molar-refractivity contribution in [2.75, 3.05) is 0 Å². The highest BCUT2D eigenvalue weighted by molar-refractivity contribution is 5.94. The molecule has 3 aromatic rings. The second-order valence-corrected chi connectivity index (χ2v) is 6.77. The summed E-state index contributed by atoms with van der Waals surface area (Å²) in [6.07, 6.45) is 0.884. The number of aryl methyl sites for hydroxylation is 2. The van der Waals surface area contributed by atoms with E-state index in [9.17, 15) is 4.79 Å². The Morgan fingerprint density at radius 3 is 2.50 bits per heavy atom.